The predicted octanol–water partition coefficient (Wildman–Crippen LogP) is -0.688. The molecule has 156 valence electrons. The summed E-state index contributed by atoms with van der Waals surface area (Å²) in [6.45, 7) is 1.33. The first-order valence-corrected chi connectivity index (χ1v) is 9.10. The highest BCUT2D eigenvalue weighted by molar-refractivity contribution is 5.75. The third kappa shape index (κ3) is 4.91. The molecule has 1 saturated heterocycles. The molecule has 0 unspecified atom stereocenters. The fraction of sp³-hybridized carbons (Fsp3) is 0.421. The summed E-state index contributed by atoms with van der Waals surface area (Å²) >= 11 is 0. The van der Waals surface area contributed by atoms with Gasteiger partial charge < -0.3 is 25.4 Å². The van der Waals surface area contributed by atoms with Crippen molar-refractivity contribution in [1.82, 2.24) is 9.55 Å². The number of aromatic nitrogens is 2. The summed E-state index contributed by atoms with van der Waals surface area (Å²) in [4.78, 5) is 37.8. The van der Waals surface area contributed by atoms with Crippen molar-refractivity contribution in [3.8, 4) is 5.75 Å². The van der Waals surface area contributed by atoms with E-state index in [-0.39, 0.29) is 25.2 Å². The number of phenols is 1. The van der Waals surface area contributed by atoms with Crippen LogP contribution in [0.4, 0.5) is 0 Å². The fourth-order valence-electron chi connectivity index (χ4n) is 3.08. The number of benzene rings is 1. The molecule has 0 aliphatic carbocycles. The summed E-state index contributed by atoms with van der Waals surface area (Å²) in [6.07, 6.45) is -0.887. The third-order valence-corrected chi connectivity index (χ3v) is 4.74. The summed E-state index contributed by atoms with van der Waals surface area (Å²) in [5, 5.41) is 19.5. The Balaban J connectivity index is 1.56. The molecule has 2 heterocycles. The molecule has 0 spiro atoms. The summed E-state index contributed by atoms with van der Waals surface area (Å²) in [6, 6.07) is 5.38. The van der Waals surface area contributed by atoms with Gasteiger partial charge in [0.05, 0.1) is 6.10 Å². The van der Waals surface area contributed by atoms with Crippen LogP contribution in [-0.4, -0.2) is 50.6 Å². The van der Waals surface area contributed by atoms with E-state index in [2.05, 4.69) is 4.98 Å². The number of aromatic amines is 1. The topological polar surface area (TPSA) is 157 Å². The van der Waals surface area contributed by atoms with Crippen molar-refractivity contribution in [3.05, 3.63) is 62.4 Å². The molecule has 10 nitrogen and oxygen atoms in total. The lowest BCUT2D eigenvalue weighted by Gasteiger charge is -2.18. The average Bonchev–Trinajstić information content (AvgIpc) is 3.04. The van der Waals surface area contributed by atoms with Crippen molar-refractivity contribution >= 4 is 5.97 Å². The van der Waals surface area contributed by atoms with Gasteiger partial charge in [-0.1, -0.05) is 12.1 Å². The zero-order chi connectivity index (χ0) is 21.1. The summed E-state index contributed by atoms with van der Waals surface area (Å²) in [7, 11) is 0. The largest absolute Gasteiger partial charge is 0.508 e. The zero-order valence-electron chi connectivity index (χ0n) is 15.8. The van der Waals surface area contributed by atoms with Crippen LogP contribution in [0.3, 0.4) is 0 Å². The number of nitrogens with one attached hydrogen (secondary N) is 1. The molecule has 4 atom stereocenters. The van der Waals surface area contributed by atoms with Gasteiger partial charge in [0.2, 0.25) is 0 Å². The van der Waals surface area contributed by atoms with E-state index >= 15 is 0 Å². The van der Waals surface area contributed by atoms with Crippen molar-refractivity contribution in [3.63, 3.8) is 0 Å². The van der Waals surface area contributed by atoms with E-state index < -0.39 is 41.7 Å². The van der Waals surface area contributed by atoms with E-state index in [9.17, 15) is 24.6 Å². The fourth-order valence-corrected chi connectivity index (χ4v) is 3.08. The molecule has 1 fully saturated rings. The Labute approximate surface area is 165 Å². The third-order valence-electron chi connectivity index (χ3n) is 4.74. The summed E-state index contributed by atoms with van der Waals surface area (Å²) in [5.74, 6) is -0.544. The number of rotatable bonds is 6. The van der Waals surface area contributed by atoms with Crippen LogP contribution < -0.4 is 17.0 Å². The van der Waals surface area contributed by atoms with Gasteiger partial charge in [-0.05, 0) is 31.0 Å². The molecule has 10 heteroatoms. The number of carbonyl (C=O) groups is 1. The molecule has 1 aliphatic heterocycles. The number of carbonyl (C=O) groups excluding carboxylic acids is 1. The second-order valence-corrected chi connectivity index (χ2v) is 7.02. The number of hydrogen-bond donors (Lipinski definition) is 4. The Bertz CT molecular complexity index is 983. The highest BCUT2D eigenvalue weighted by atomic mass is 16.6. The van der Waals surface area contributed by atoms with Gasteiger partial charge in [-0.25, -0.2) is 4.79 Å². The quantitative estimate of drug-likeness (QED) is 0.460. The molecule has 0 radical (unpaired) electrons. The standard InChI is InChI=1S/C19H23N3O7/c1-10-8-22(19(27)21-17(10)25)16-7-14(24)15(29-16)9-28-18(26)13(20)6-11-2-4-12(23)5-3-11/h2-5,8,13-16,23-24H,6-7,9,20H2,1H3,(H,21,25,27)/t13-,14-,15+,16+/m0/s1. The van der Waals surface area contributed by atoms with Crippen LogP contribution in [-0.2, 0) is 20.7 Å². The number of nitrogens with two attached hydrogens (primary N) is 1. The first kappa shape index (κ1) is 20.8. The minimum Gasteiger partial charge on any atom is -0.508 e. The molecule has 3 rings (SSSR count). The number of aliphatic hydroxyl groups is 1. The second kappa shape index (κ2) is 8.60. The Hall–Kier alpha value is -2.95. The minimum absolute atomic E-state index is 0.104. The van der Waals surface area contributed by atoms with Gasteiger partial charge in [0.1, 0.15) is 30.7 Å². The van der Waals surface area contributed by atoms with E-state index in [0.717, 1.165) is 5.56 Å². The van der Waals surface area contributed by atoms with Gasteiger partial charge in [-0.2, -0.15) is 0 Å². The minimum atomic E-state index is -0.958. The van der Waals surface area contributed by atoms with Gasteiger partial charge in [0, 0.05) is 18.2 Å². The molecule has 2 aromatic rings. The molecule has 5 N–H and O–H groups in total. The smallest absolute Gasteiger partial charge is 0.330 e. The van der Waals surface area contributed by atoms with Gasteiger partial charge in [-0.3, -0.25) is 19.1 Å². The van der Waals surface area contributed by atoms with Crippen molar-refractivity contribution in [2.24, 2.45) is 5.73 Å². The van der Waals surface area contributed by atoms with Gasteiger partial charge in [-0.15, -0.1) is 0 Å². The van der Waals surface area contributed by atoms with Gasteiger partial charge in [0.25, 0.3) is 5.56 Å². The highest BCUT2D eigenvalue weighted by Crippen LogP contribution is 2.27. The van der Waals surface area contributed by atoms with Crippen LogP contribution in [0.2, 0.25) is 0 Å². The number of phenolic OH excluding ortho intramolecular Hbond substituents is 1. The first-order chi connectivity index (χ1) is 13.7. The summed E-state index contributed by atoms with van der Waals surface area (Å²) in [5.41, 5.74) is 5.81. The van der Waals surface area contributed by atoms with Crippen LogP contribution in [0.25, 0.3) is 0 Å². The Kier molecular flexibility index (Phi) is 6.16. The van der Waals surface area contributed by atoms with Crippen LogP contribution in [0.15, 0.2) is 40.1 Å². The molecular formula is C19H23N3O7. The zero-order valence-corrected chi connectivity index (χ0v) is 15.8. The lowest BCUT2D eigenvalue weighted by Crippen LogP contribution is -2.37. The number of aryl methyl sites for hydroxylation is 1. The lowest BCUT2D eigenvalue weighted by molar-refractivity contribution is -0.151. The first-order valence-electron chi connectivity index (χ1n) is 9.10. The van der Waals surface area contributed by atoms with Crippen molar-refractivity contribution in [1.29, 1.82) is 0 Å². The highest BCUT2D eigenvalue weighted by Gasteiger charge is 2.36. The molecule has 0 amide bonds. The van der Waals surface area contributed by atoms with Gasteiger partial charge >= 0.3 is 11.7 Å². The van der Waals surface area contributed by atoms with E-state index in [0.29, 0.717) is 5.56 Å². The maximum absolute atomic E-state index is 12.1. The van der Waals surface area contributed by atoms with Crippen LogP contribution >= 0.6 is 0 Å². The molecule has 0 bridgehead atoms. The SMILES string of the molecule is Cc1cn([C@H]2C[C@H](O)[C@@H](COC(=O)[C@@H](N)Cc3ccc(O)cc3)O2)c(=O)[nH]c1=O. The predicted molar refractivity (Wildman–Crippen MR) is 101 cm³/mol. The Morgan fingerprint density at radius 1 is 1.38 bits per heavy atom. The van der Waals surface area contributed by atoms with E-state index in [1.807, 2.05) is 0 Å². The van der Waals surface area contributed by atoms with Crippen LogP contribution in [0.5, 0.6) is 5.75 Å². The number of H-pyrrole nitrogens is 1. The van der Waals surface area contributed by atoms with E-state index in [1.54, 1.807) is 19.1 Å². The molecule has 1 aliphatic rings. The average molecular weight is 405 g/mol. The maximum Gasteiger partial charge on any atom is 0.330 e. The van der Waals surface area contributed by atoms with Crippen molar-refractivity contribution < 1.29 is 24.5 Å². The number of aromatic hydroxyl groups is 1. The number of nitrogens with zero attached hydrogens (tertiary/aromatic N) is 1. The molecule has 0 saturated carbocycles. The molecule has 1 aromatic carbocycles. The Morgan fingerprint density at radius 2 is 2.07 bits per heavy atom. The number of ether oxygens (including phenoxy) is 2. The van der Waals surface area contributed by atoms with Crippen molar-refractivity contribution in [2.45, 2.75) is 44.2 Å². The molecule has 29 heavy (non-hydrogen) atoms. The normalized spacial score (nSPS) is 22.4. The monoisotopic (exact) mass is 405 g/mol. The van der Waals surface area contributed by atoms with E-state index in [1.165, 1.54) is 22.9 Å². The van der Waals surface area contributed by atoms with Crippen molar-refractivity contribution in [2.75, 3.05) is 6.61 Å². The van der Waals surface area contributed by atoms with Crippen LogP contribution in [0, 0.1) is 6.92 Å². The van der Waals surface area contributed by atoms with Crippen LogP contribution in [0.1, 0.15) is 23.8 Å². The second-order valence-electron chi connectivity index (χ2n) is 7.02. The molecule has 1 aromatic heterocycles. The Morgan fingerprint density at radius 3 is 2.76 bits per heavy atom. The van der Waals surface area contributed by atoms with Gasteiger partial charge in [0.15, 0.2) is 0 Å². The van der Waals surface area contributed by atoms with E-state index in [4.69, 9.17) is 15.2 Å². The molecular weight excluding hydrogens is 382 g/mol. The number of hydrogen-bond acceptors (Lipinski definition) is 8. The lowest BCUT2D eigenvalue weighted by atomic mass is 10.1. The number of esters is 1. The number of aliphatic hydroxyl groups excluding tert-OH is 1. The summed E-state index contributed by atoms with van der Waals surface area (Å²) < 4.78 is 12.0. The maximum atomic E-state index is 12.1.